The molecule has 43 heavy (non-hydrogen) atoms. The molecule has 3 fully saturated rings. The monoisotopic (exact) mass is 644 g/mol. The van der Waals surface area contributed by atoms with E-state index in [2.05, 4.69) is 14.8 Å². The largest absolute Gasteiger partial charge is 0.380 e. The van der Waals surface area contributed by atoms with Crippen LogP contribution in [-0.2, 0) is 11.2 Å². The van der Waals surface area contributed by atoms with Crippen molar-refractivity contribution in [1.82, 2.24) is 9.55 Å². The third-order valence-corrected chi connectivity index (χ3v) is 11.9. The third kappa shape index (κ3) is 8.04. The maximum atomic E-state index is 15.4. The zero-order chi connectivity index (χ0) is 30.5. The van der Waals surface area contributed by atoms with Gasteiger partial charge in [0.15, 0.2) is 5.16 Å². The molecule has 7 nitrogen and oxygen atoms in total. The van der Waals surface area contributed by atoms with Gasteiger partial charge in [-0.05, 0) is 102 Å². The number of ether oxygens (including phenoxy) is 1. The second-order valence-corrected chi connectivity index (χ2v) is 14.7. The molecule has 0 aliphatic heterocycles. The van der Waals surface area contributed by atoms with Crippen molar-refractivity contribution in [3.63, 3.8) is 0 Å². The van der Waals surface area contributed by atoms with Crippen LogP contribution in [0.2, 0.25) is 0 Å². The molecule has 0 amide bonds. The summed E-state index contributed by atoms with van der Waals surface area (Å²) in [5.74, 6) is 0.328. The molecule has 4 aliphatic carbocycles. The number of imidazole rings is 1. The van der Waals surface area contributed by atoms with Gasteiger partial charge in [-0.1, -0.05) is 11.8 Å². The number of halogens is 4. The number of alkyl halides is 4. The quantitative estimate of drug-likeness (QED) is 0.0937. The van der Waals surface area contributed by atoms with E-state index < -0.39 is 24.4 Å². The number of nitrogens with two attached hydrogens (primary N) is 2. The number of hydrogen-bond donors (Lipinski definition) is 2. The molecule has 0 radical (unpaired) electrons. The minimum Gasteiger partial charge on any atom is -0.380 e. The van der Waals surface area contributed by atoms with Gasteiger partial charge in [0.1, 0.15) is 18.5 Å². The van der Waals surface area contributed by atoms with E-state index in [4.69, 9.17) is 32.8 Å². The lowest BCUT2D eigenvalue weighted by Crippen LogP contribution is -2.37. The summed E-state index contributed by atoms with van der Waals surface area (Å²) in [6.07, 6.45) is 9.02. The third-order valence-electron chi connectivity index (χ3n) is 10.3. The number of aryl methyl sites for hydroxylation is 1. The minimum atomic E-state index is -1.21. The molecule has 1 aromatic rings. The lowest BCUT2D eigenvalue weighted by Gasteiger charge is -2.40. The van der Waals surface area contributed by atoms with Gasteiger partial charge >= 0.3 is 0 Å². The molecule has 4 aliphatic rings. The highest BCUT2D eigenvalue weighted by molar-refractivity contribution is 7.99. The summed E-state index contributed by atoms with van der Waals surface area (Å²) in [7, 11) is 1.75. The molecule has 242 valence electrons. The van der Waals surface area contributed by atoms with Crippen molar-refractivity contribution in [2.45, 2.75) is 137 Å². The SMILES string of the molecule is COC1CC(C2CCCc3nc(SCC4C(F)CC(CC/C=N\N=C(N)N)CC4F)n(C4CCC(F)CC4)c32)CCC1Cl. The van der Waals surface area contributed by atoms with E-state index >= 15 is 8.78 Å². The van der Waals surface area contributed by atoms with Crippen LogP contribution in [0.25, 0.3) is 0 Å². The molecule has 6 unspecified atom stereocenters. The van der Waals surface area contributed by atoms with Crippen LogP contribution in [0.1, 0.15) is 107 Å². The van der Waals surface area contributed by atoms with Gasteiger partial charge in [-0.25, -0.2) is 18.2 Å². The molecule has 5 rings (SSSR count). The highest BCUT2D eigenvalue weighted by Crippen LogP contribution is 2.48. The summed E-state index contributed by atoms with van der Waals surface area (Å²) >= 11 is 8.10. The van der Waals surface area contributed by atoms with E-state index in [-0.39, 0.29) is 29.4 Å². The lowest BCUT2D eigenvalue weighted by molar-refractivity contribution is 0.0457. The second kappa shape index (κ2) is 15.2. The second-order valence-electron chi connectivity index (χ2n) is 13.1. The summed E-state index contributed by atoms with van der Waals surface area (Å²) in [5, 5.41) is 8.25. The first-order chi connectivity index (χ1) is 20.7. The number of thioether (sulfide) groups is 1. The van der Waals surface area contributed by atoms with E-state index in [1.54, 1.807) is 13.3 Å². The topological polar surface area (TPSA) is 104 Å². The Hall–Kier alpha value is -1.46. The standard InChI is InChI=1S/C31H48ClF3N6OS/c1-42-28-16-19(7-12-24(28)32)22-5-2-6-27-29(22)41(21-10-8-20(33)9-11-21)31(39-27)43-17-23-25(34)14-18(15-26(23)35)4-3-13-38-40-30(36)37/h13,18-26,28H,2-12,14-17H2,1H3,(H4,36,37,40)/b38-13-. The van der Waals surface area contributed by atoms with Crippen molar-refractivity contribution in [1.29, 1.82) is 0 Å². The predicted molar refractivity (Wildman–Crippen MR) is 168 cm³/mol. The number of fused-ring (bicyclic) bond motifs is 1. The fourth-order valence-electron chi connectivity index (χ4n) is 8.01. The summed E-state index contributed by atoms with van der Waals surface area (Å²) in [6, 6.07) is 0.174. The summed E-state index contributed by atoms with van der Waals surface area (Å²) in [4.78, 5) is 5.15. The normalized spacial score (nSPS) is 36.9. The average Bonchev–Trinajstić information content (AvgIpc) is 3.35. The Morgan fingerprint density at radius 2 is 1.81 bits per heavy atom. The molecule has 0 spiro atoms. The van der Waals surface area contributed by atoms with Crippen molar-refractivity contribution in [2.24, 2.45) is 39.4 Å². The van der Waals surface area contributed by atoms with Gasteiger partial charge in [0.05, 0.1) is 17.2 Å². The maximum Gasteiger partial charge on any atom is 0.211 e. The number of methoxy groups -OCH3 is 1. The fourth-order valence-corrected chi connectivity index (χ4v) is 9.66. The molecular formula is C31H48ClF3N6OS. The number of hydrogen-bond acceptors (Lipinski definition) is 5. The van der Waals surface area contributed by atoms with E-state index in [0.29, 0.717) is 56.1 Å². The van der Waals surface area contributed by atoms with Crippen LogP contribution in [0, 0.1) is 17.8 Å². The average molecular weight is 645 g/mol. The van der Waals surface area contributed by atoms with Crippen LogP contribution >= 0.6 is 23.4 Å². The Labute approximate surface area is 263 Å². The van der Waals surface area contributed by atoms with Gasteiger partial charge in [-0.3, -0.25) is 0 Å². The van der Waals surface area contributed by atoms with Crippen LogP contribution in [0.3, 0.4) is 0 Å². The molecule has 12 heteroatoms. The molecule has 1 aromatic heterocycles. The molecule has 0 aromatic carbocycles. The highest BCUT2D eigenvalue weighted by atomic mass is 35.5. The first-order valence-electron chi connectivity index (χ1n) is 16.2. The van der Waals surface area contributed by atoms with Crippen molar-refractivity contribution in [3.05, 3.63) is 11.4 Å². The number of guanidine groups is 1. The Kier molecular flexibility index (Phi) is 11.6. The van der Waals surface area contributed by atoms with Crippen LogP contribution in [0.15, 0.2) is 15.4 Å². The molecule has 1 heterocycles. The Bertz CT molecular complexity index is 1100. The first kappa shape index (κ1) is 32.9. The number of rotatable bonds is 10. The van der Waals surface area contributed by atoms with Gasteiger partial charge in [-0.2, -0.15) is 5.10 Å². The van der Waals surface area contributed by atoms with Gasteiger partial charge in [0, 0.05) is 42.6 Å². The Balaban J connectivity index is 1.30. The lowest BCUT2D eigenvalue weighted by atomic mass is 9.72. The molecule has 6 atom stereocenters. The Morgan fingerprint density at radius 3 is 2.51 bits per heavy atom. The molecule has 4 N–H and O–H groups in total. The minimum absolute atomic E-state index is 0.0374. The van der Waals surface area contributed by atoms with Gasteiger partial charge in [-0.15, -0.1) is 16.7 Å². The number of aromatic nitrogens is 2. The summed E-state index contributed by atoms with van der Waals surface area (Å²) < 4.78 is 53.2. The summed E-state index contributed by atoms with van der Waals surface area (Å²) in [6.45, 7) is 0. The van der Waals surface area contributed by atoms with Crippen molar-refractivity contribution in [2.75, 3.05) is 12.9 Å². The maximum absolute atomic E-state index is 15.4. The zero-order valence-electron chi connectivity index (χ0n) is 25.2. The zero-order valence-corrected chi connectivity index (χ0v) is 26.8. The molecular weight excluding hydrogens is 597 g/mol. The van der Waals surface area contributed by atoms with E-state index in [0.717, 1.165) is 62.2 Å². The molecule has 0 saturated heterocycles. The Morgan fingerprint density at radius 1 is 1.07 bits per heavy atom. The van der Waals surface area contributed by atoms with E-state index in [1.807, 2.05) is 0 Å². The molecule has 3 saturated carbocycles. The van der Waals surface area contributed by atoms with E-state index in [9.17, 15) is 4.39 Å². The number of nitrogens with zero attached hydrogens (tertiary/aromatic N) is 4. The van der Waals surface area contributed by atoms with Crippen LogP contribution < -0.4 is 11.5 Å². The van der Waals surface area contributed by atoms with Crippen LogP contribution in [0.4, 0.5) is 13.2 Å². The van der Waals surface area contributed by atoms with Crippen LogP contribution in [-0.4, -0.2) is 64.6 Å². The predicted octanol–water partition coefficient (Wildman–Crippen LogP) is 7.01. The summed E-state index contributed by atoms with van der Waals surface area (Å²) in [5.41, 5.74) is 12.9. The van der Waals surface area contributed by atoms with E-state index in [1.165, 1.54) is 17.5 Å². The highest BCUT2D eigenvalue weighted by Gasteiger charge is 2.42. The molecule has 0 bridgehead atoms. The first-order valence-corrected chi connectivity index (χ1v) is 17.6. The smallest absolute Gasteiger partial charge is 0.211 e. The van der Waals surface area contributed by atoms with Crippen molar-refractivity contribution < 1.29 is 17.9 Å². The van der Waals surface area contributed by atoms with Crippen molar-refractivity contribution in [3.8, 4) is 0 Å². The van der Waals surface area contributed by atoms with Gasteiger partial charge in [0.25, 0.3) is 0 Å². The van der Waals surface area contributed by atoms with Crippen molar-refractivity contribution >= 4 is 35.5 Å². The van der Waals surface area contributed by atoms with Gasteiger partial charge in [0.2, 0.25) is 5.96 Å². The van der Waals surface area contributed by atoms with Crippen LogP contribution in [0.5, 0.6) is 0 Å². The fraction of sp³-hybridized carbons (Fsp3) is 0.839. The van der Waals surface area contributed by atoms with Gasteiger partial charge < -0.3 is 20.8 Å².